The van der Waals surface area contributed by atoms with Gasteiger partial charge in [-0.25, -0.2) is 0 Å². The molecule has 1 heterocycles. The number of hydrogen-bond donors (Lipinski definition) is 1. The van der Waals surface area contributed by atoms with Gasteiger partial charge in [-0.15, -0.1) is 11.8 Å². The molecule has 0 saturated carbocycles. The summed E-state index contributed by atoms with van der Waals surface area (Å²) in [6, 6.07) is 12.1. The zero-order valence-corrected chi connectivity index (χ0v) is 13.4. The first-order valence-electron chi connectivity index (χ1n) is 7.13. The fourth-order valence-electron chi connectivity index (χ4n) is 1.77. The van der Waals surface area contributed by atoms with Crippen LogP contribution in [-0.2, 0) is 5.75 Å². The van der Waals surface area contributed by atoms with Gasteiger partial charge >= 0.3 is 0 Å². The molecule has 4 heteroatoms. The number of furan rings is 1. The van der Waals surface area contributed by atoms with E-state index in [9.17, 15) is 4.79 Å². The molecule has 0 aliphatic rings. The molecule has 1 N–H and O–H groups in total. The zero-order chi connectivity index (χ0) is 15.2. The molecule has 2 aromatic rings. The molecule has 112 valence electrons. The van der Waals surface area contributed by atoms with E-state index in [1.54, 1.807) is 18.0 Å². The van der Waals surface area contributed by atoms with Crippen LogP contribution < -0.4 is 5.32 Å². The Morgan fingerprint density at radius 1 is 1.19 bits per heavy atom. The number of benzene rings is 1. The first-order chi connectivity index (χ1) is 10.1. The average molecular weight is 303 g/mol. The summed E-state index contributed by atoms with van der Waals surface area (Å²) in [4.78, 5) is 13.4. The number of rotatable bonds is 6. The lowest BCUT2D eigenvalue weighted by atomic mass is 10.1. The van der Waals surface area contributed by atoms with Crippen LogP contribution in [0.1, 0.15) is 36.9 Å². The highest BCUT2D eigenvalue weighted by atomic mass is 32.2. The van der Waals surface area contributed by atoms with Gasteiger partial charge in [-0.1, -0.05) is 32.0 Å². The minimum Gasteiger partial charge on any atom is -0.459 e. The van der Waals surface area contributed by atoms with Crippen LogP contribution in [0.15, 0.2) is 52.0 Å². The van der Waals surface area contributed by atoms with Gasteiger partial charge in [0.15, 0.2) is 5.76 Å². The van der Waals surface area contributed by atoms with Crippen molar-refractivity contribution in [1.82, 2.24) is 5.32 Å². The number of thioether (sulfide) groups is 1. The van der Waals surface area contributed by atoms with Gasteiger partial charge in [0.25, 0.3) is 5.91 Å². The SMILES string of the molecule is CC(C)C(C)NC(=O)c1occc1CSc1ccccc1. The number of amides is 1. The molecule has 0 radical (unpaired) electrons. The van der Waals surface area contributed by atoms with Crippen LogP contribution in [0.5, 0.6) is 0 Å². The van der Waals surface area contributed by atoms with Crippen LogP contribution in [0.3, 0.4) is 0 Å². The first kappa shape index (κ1) is 15.7. The molecule has 0 saturated heterocycles. The van der Waals surface area contributed by atoms with E-state index in [0.717, 1.165) is 11.3 Å². The first-order valence-corrected chi connectivity index (χ1v) is 8.11. The Hall–Kier alpha value is -1.68. The van der Waals surface area contributed by atoms with E-state index in [2.05, 4.69) is 31.3 Å². The third-order valence-electron chi connectivity index (χ3n) is 3.45. The topological polar surface area (TPSA) is 42.2 Å². The summed E-state index contributed by atoms with van der Waals surface area (Å²) in [5.41, 5.74) is 0.928. The van der Waals surface area contributed by atoms with Crippen molar-refractivity contribution >= 4 is 17.7 Å². The molecule has 0 fully saturated rings. The van der Waals surface area contributed by atoms with E-state index in [-0.39, 0.29) is 11.9 Å². The highest BCUT2D eigenvalue weighted by Gasteiger charge is 2.18. The van der Waals surface area contributed by atoms with Crippen LogP contribution in [0, 0.1) is 5.92 Å². The predicted octanol–water partition coefficient (Wildman–Crippen LogP) is 4.35. The Balaban J connectivity index is 2.00. The summed E-state index contributed by atoms with van der Waals surface area (Å²) < 4.78 is 5.37. The normalized spacial score (nSPS) is 12.4. The Kier molecular flexibility index (Phi) is 5.51. The van der Waals surface area contributed by atoms with Gasteiger partial charge in [0, 0.05) is 22.3 Å². The van der Waals surface area contributed by atoms with Crippen molar-refractivity contribution in [2.45, 2.75) is 37.5 Å². The van der Waals surface area contributed by atoms with Crippen molar-refractivity contribution in [3.8, 4) is 0 Å². The van der Waals surface area contributed by atoms with Crippen molar-refractivity contribution in [3.05, 3.63) is 54.0 Å². The number of carbonyl (C=O) groups is 1. The summed E-state index contributed by atoms with van der Waals surface area (Å²) in [5, 5.41) is 2.98. The van der Waals surface area contributed by atoms with Gasteiger partial charge in [-0.05, 0) is 31.0 Å². The van der Waals surface area contributed by atoms with Gasteiger partial charge in [0.05, 0.1) is 6.26 Å². The average Bonchev–Trinajstić information content (AvgIpc) is 2.94. The molecule has 1 aromatic carbocycles. The third-order valence-corrected chi connectivity index (χ3v) is 4.51. The monoisotopic (exact) mass is 303 g/mol. The van der Waals surface area contributed by atoms with Gasteiger partial charge in [0.1, 0.15) is 0 Å². The van der Waals surface area contributed by atoms with Crippen molar-refractivity contribution in [3.63, 3.8) is 0 Å². The van der Waals surface area contributed by atoms with Crippen molar-refractivity contribution < 1.29 is 9.21 Å². The second kappa shape index (κ2) is 7.36. The molecule has 1 unspecified atom stereocenters. The van der Waals surface area contributed by atoms with E-state index in [4.69, 9.17) is 4.42 Å². The number of nitrogens with one attached hydrogen (secondary N) is 1. The van der Waals surface area contributed by atoms with Crippen LogP contribution in [0.25, 0.3) is 0 Å². The molecule has 0 bridgehead atoms. The van der Waals surface area contributed by atoms with E-state index in [1.165, 1.54) is 4.90 Å². The molecule has 1 aromatic heterocycles. The Morgan fingerprint density at radius 3 is 2.57 bits per heavy atom. The van der Waals surface area contributed by atoms with Crippen molar-refractivity contribution in [2.24, 2.45) is 5.92 Å². The molecule has 1 atom stereocenters. The molecule has 0 aliphatic carbocycles. The molecule has 0 aliphatic heterocycles. The third kappa shape index (κ3) is 4.39. The number of carbonyl (C=O) groups excluding carboxylic acids is 1. The zero-order valence-electron chi connectivity index (χ0n) is 12.6. The van der Waals surface area contributed by atoms with Crippen LogP contribution in [0.2, 0.25) is 0 Å². The van der Waals surface area contributed by atoms with Gasteiger partial charge in [-0.3, -0.25) is 4.79 Å². The summed E-state index contributed by atoms with van der Waals surface area (Å²) in [6.45, 7) is 6.17. The fraction of sp³-hybridized carbons (Fsp3) is 0.353. The minimum atomic E-state index is -0.134. The lowest BCUT2D eigenvalue weighted by Gasteiger charge is -2.16. The summed E-state index contributed by atoms with van der Waals surface area (Å²) in [5.74, 6) is 1.40. The quantitative estimate of drug-likeness (QED) is 0.807. The van der Waals surface area contributed by atoms with E-state index >= 15 is 0 Å². The van der Waals surface area contributed by atoms with Gasteiger partial charge < -0.3 is 9.73 Å². The lowest BCUT2D eigenvalue weighted by Crippen LogP contribution is -2.36. The Bertz CT molecular complexity index is 577. The molecule has 21 heavy (non-hydrogen) atoms. The second-order valence-corrected chi connectivity index (χ2v) is 6.43. The maximum absolute atomic E-state index is 12.2. The minimum absolute atomic E-state index is 0.122. The van der Waals surface area contributed by atoms with Crippen molar-refractivity contribution in [2.75, 3.05) is 0 Å². The maximum Gasteiger partial charge on any atom is 0.287 e. The van der Waals surface area contributed by atoms with Crippen LogP contribution in [-0.4, -0.2) is 11.9 Å². The van der Waals surface area contributed by atoms with Gasteiger partial charge in [-0.2, -0.15) is 0 Å². The molecular weight excluding hydrogens is 282 g/mol. The lowest BCUT2D eigenvalue weighted by molar-refractivity contribution is 0.0901. The second-order valence-electron chi connectivity index (χ2n) is 5.38. The molecular formula is C17H21NO2S. The summed E-state index contributed by atoms with van der Waals surface area (Å²) >= 11 is 1.69. The highest BCUT2D eigenvalue weighted by molar-refractivity contribution is 7.98. The summed E-state index contributed by atoms with van der Waals surface area (Å²) in [6.07, 6.45) is 1.58. The smallest absolute Gasteiger partial charge is 0.287 e. The Labute approximate surface area is 130 Å². The van der Waals surface area contributed by atoms with Gasteiger partial charge in [0.2, 0.25) is 0 Å². The Morgan fingerprint density at radius 2 is 1.90 bits per heavy atom. The molecule has 0 spiro atoms. The molecule has 2 rings (SSSR count). The standard InChI is InChI=1S/C17H21NO2S/c1-12(2)13(3)18-17(19)16-14(9-10-20-16)11-21-15-7-5-4-6-8-15/h4-10,12-13H,11H2,1-3H3,(H,18,19). The number of hydrogen-bond acceptors (Lipinski definition) is 3. The van der Waals surface area contributed by atoms with E-state index in [0.29, 0.717) is 11.7 Å². The molecule has 3 nitrogen and oxygen atoms in total. The van der Waals surface area contributed by atoms with E-state index in [1.807, 2.05) is 31.2 Å². The van der Waals surface area contributed by atoms with Crippen LogP contribution >= 0.6 is 11.8 Å². The summed E-state index contributed by atoms with van der Waals surface area (Å²) in [7, 11) is 0. The molecule has 1 amide bonds. The highest BCUT2D eigenvalue weighted by Crippen LogP contribution is 2.24. The van der Waals surface area contributed by atoms with Crippen molar-refractivity contribution in [1.29, 1.82) is 0 Å². The largest absolute Gasteiger partial charge is 0.459 e. The fourth-order valence-corrected chi connectivity index (χ4v) is 2.66. The maximum atomic E-state index is 12.2. The van der Waals surface area contributed by atoms with Crippen LogP contribution in [0.4, 0.5) is 0 Å². The predicted molar refractivity (Wildman–Crippen MR) is 86.5 cm³/mol. The van der Waals surface area contributed by atoms with E-state index < -0.39 is 0 Å².